The van der Waals surface area contributed by atoms with Gasteiger partial charge in [-0.3, -0.25) is 9.59 Å². The molecule has 3 nitrogen and oxygen atoms in total. The molecule has 16 heavy (non-hydrogen) atoms. The predicted molar refractivity (Wildman–Crippen MR) is 65.3 cm³/mol. The highest BCUT2D eigenvalue weighted by atomic mass is 79.9. The number of halogens is 1. The van der Waals surface area contributed by atoms with Crippen LogP contribution in [0.3, 0.4) is 0 Å². The second-order valence-electron chi connectivity index (χ2n) is 3.31. The monoisotopic (exact) mass is 284 g/mol. The zero-order valence-electron chi connectivity index (χ0n) is 9.20. The van der Waals surface area contributed by atoms with Gasteiger partial charge in [-0.15, -0.1) is 0 Å². The maximum Gasteiger partial charge on any atom is 0.150 e. The van der Waals surface area contributed by atoms with Gasteiger partial charge in [0.05, 0.1) is 11.4 Å². The summed E-state index contributed by atoms with van der Waals surface area (Å²) >= 11 is 3.26. The Hall–Kier alpha value is -1.16. The third kappa shape index (κ3) is 2.92. The van der Waals surface area contributed by atoms with Crippen molar-refractivity contribution in [2.24, 2.45) is 0 Å². The standard InChI is InChI=1S/C12H13BrO3/c1-3-16-10-5-4-9(7-14)11(6-10)12(13)8(2)15/h4-7,12H,3H2,1-2H3. The van der Waals surface area contributed by atoms with E-state index in [0.29, 0.717) is 23.5 Å². The van der Waals surface area contributed by atoms with E-state index < -0.39 is 4.83 Å². The van der Waals surface area contributed by atoms with E-state index in [1.165, 1.54) is 6.92 Å². The van der Waals surface area contributed by atoms with Gasteiger partial charge in [0.25, 0.3) is 0 Å². The van der Waals surface area contributed by atoms with Crippen molar-refractivity contribution in [2.75, 3.05) is 6.61 Å². The van der Waals surface area contributed by atoms with E-state index in [2.05, 4.69) is 15.9 Å². The number of hydrogen-bond donors (Lipinski definition) is 0. The fourth-order valence-corrected chi connectivity index (χ4v) is 1.75. The zero-order chi connectivity index (χ0) is 12.1. The van der Waals surface area contributed by atoms with Crippen LogP contribution in [0.25, 0.3) is 0 Å². The molecule has 0 bridgehead atoms. The number of hydrogen-bond acceptors (Lipinski definition) is 3. The number of benzene rings is 1. The minimum Gasteiger partial charge on any atom is -0.494 e. The van der Waals surface area contributed by atoms with Crippen LogP contribution in [0.1, 0.15) is 34.6 Å². The summed E-state index contributed by atoms with van der Waals surface area (Å²) in [6.45, 7) is 3.90. The van der Waals surface area contributed by atoms with Gasteiger partial charge in [0, 0.05) is 5.56 Å². The van der Waals surface area contributed by atoms with Crippen LogP contribution in [0, 0.1) is 0 Å². The van der Waals surface area contributed by atoms with E-state index in [9.17, 15) is 9.59 Å². The molecule has 1 aromatic rings. The van der Waals surface area contributed by atoms with Crippen LogP contribution in [0.5, 0.6) is 5.75 Å². The summed E-state index contributed by atoms with van der Waals surface area (Å²) in [4.78, 5) is 21.7. The Balaban J connectivity index is 3.16. The zero-order valence-corrected chi connectivity index (χ0v) is 10.8. The molecule has 4 heteroatoms. The summed E-state index contributed by atoms with van der Waals surface area (Å²) in [7, 11) is 0. The summed E-state index contributed by atoms with van der Waals surface area (Å²) in [5, 5.41) is 0. The first-order valence-corrected chi connectivity index (χ1v) is 5.88. The maximum absolute atomic E-state index is 11.3. The molecule has 0 amide bonds. The number of ether oxygens (including phenoxy) is 1. The smallest absolute Gasteiger partial charge is 0.150 e. The van der Waals surface area contributed by atoms with Crippen LogP contribution in [0.4, 0.5) is 0 Å². The normalized spacial score (nSPS) is 11.9. The molecule has 0 N–H and O–H groups in total. The molecular weight excluding hydrogens is 272 g/mol. The fraction of sp³-hybridized carbons (Fsp3) is 0.333. The van der Waals surface area contributed by atoms with E-state index in [4.69, 9.17) is 4.74 Å². The average molecular weight is 285 g/mol. The molecule has 0 spiro atoms. The Labute approximate surface area is 103 Å². The second kappa shape index (κ2) is 5.80. The molecule has 0 radical (unpaired) electrons. The molecule has 0 aromatic heterocycles. The largest absolute Gasteiger partial charge is 0.494 e. The van der Waals surface area contributed by atoms with Gasteiger partial charge in [0.1, 0.15) is 17.8 Å². The lowest BCUT2D eigenvalue weighted by Gasteiger charge is -2.11. The van der Waals surface area contributed by atoms with Crippen LogP contribution in [-0.4, -0.2) is 18.7 Å². The molecule has 0 aliphatic carbocycles. The van der Waals surface area contributed by atoms with Gasteiger partial charge in [0.2, 0.25) is 0 Å². The Morgan fingerprint density at radius 2 is 2.25 bits per heavy atom. The number of alkyl halides is 1. The van der Waals surface area contributed by atoms with Crippen molar-refractivity contribution in [1.29, 1.82) is 0 Å². The number of Topliss-reactive ketones (excluding diaryl/α,β-unsaturated/α-hetero) is 1. The molecule has 0 aliphatic heterocycles. The minimum atomic E-state index is -0.465. The molecule has 1 unspecified atom stereocenters. The van der Waals surface area contributed by atoms with Crippen LogP contribution in [0.2, 0.25) is 0 Å². The Morgan fingerprint density at radius 3 is 2.75 bits per heavy atom. The van der Waals surface area contributed by atoms with Crippen molar-refractivity contribution < 1.29 is 14.3 Å². The summed E-state index contributed by atoms with van der Waals surface area (Å²) in [6.07, 6.45) is 0.738. The van der Waals surface area contributed by atoms with Gasteiger partial charge in [-0.2, -0.15) is 0 Å². The quantitative estimate of drug-likeness (QED) is 0.617. The van der Waals surface area contributed by atoms with Crippen LogP contribution >= 0.6 is 15.9 Å². The number of carbonyl (C=O) groups is 2. The lowest BCUT2D eigenvalue weighted by molar-refractivity contribution is -0.116. The first kappa shape index (κ1) is 12.9. The van der Waals surface area contributed by atoms with Gasteiger partial charge in [-0.1, -0.05) is 15.9 Å². The highest BCUT2D eigenvalue weighted by molar-refractivity contribution is 9.09. The molecule has 0 saturated heterocycles. The number of ketones is 1. The van der Waals surface area contributed by atoms with E-state index in [-0.39, 0.29) is 5.78 Å². The second-order valence-corrected chi connectivity index (χ2v) is 4.23. The molecule has 0 heterocycles. The molecule has 0 fully saturated rings. The van der Waals surface area contributed by atoms with Crippen molar-refractivity contribution in [2.45, 2.75) is 18.7 Å². The van der Waals surface area contributed by atoms with Crippen molar-refractivity contribution in [3.63, 3.8) is 0 Å². The van der Waals surface area contributed by atoms with Gasteiger partial charge in [-0.05, 0) is 37.6 Å². The highest BCUT2D eigenvalue weighted by Crippen LogP contribution is 2.29. The minimum absolute atomic E-state index is 0.0447. The Bertz CT molecular complexity index is 401. The first-order chi connectivity index (χ1) is 7.60. The van der Waals surface area contributed by atoms with E-state index in [1.807, 2.05) is 6.92 Å². The molecule has 1 atom stereocenters. The third-order valence-corrected chi connectivity index (χ3v) is 3.26. The van der Waals surface area contributed by atoms with Gasteiger partial charge in [-0.25, -0.2) is 0 Å². The van der Waals surface area contributed by atoms with Gasteiger partial charge < -0.3 is 4.74 Å². The highest BCUT2D eigenvalue weighted by Gasteiger charge is 2.17. The van der Waals surface area contributed by atoms with E-state index >= 15 is 0 Å². The van der Waals surface area contributed by atoms with E-state index in [1.54, 1.807) is 18.2 Å². The molecule has 86 valence electrons. The number of aldehydes is 1. The van der Waals surface area contributed by atoms with Crippen molar-refractivity contribution in [1.82, 2.24) is 0 Å². The lowest BCUT2D eigenvalue weighted by atomic mass is 10.0. The number of carbonyl (C=O) groups excluding carboxylic acids is 2. The van der Waals surface area contributed by atoms with Gasteiger partial charge >= 0.3 is 0 Å². The summed E-state index contributed by atoms with van der Waals surface area (Å²) in [5.41, 5.74) is 1.15. The molecule has 0 aliphatic rings. The van der Waals surface area contributed by atoms with Gasteiger partial charge in [0.15, 0.2) is 0 Å². The average Bonchev–Trinajstić information content (AvgIpc) is 2.28. The van der Waals surface area contributed by atoms with Crippen LogP contribution in [-0.2, 0) is 4.79 Å². The number of rotatable bonds is 5. The SMILES string of the molecule is CCOc1ccc(C=O)c(C(Br)C(C)=O)c1. The summed E-state index contributed by atoms with van der Waals surface area (Å²) < 4.78 is 5.33. The topological polar surface area (TPSA) is 43.4 Å². The fourth-order valence-electron chi connectivity index (χ4n) is 1.36. The summed E-state index contributed by atoms with van der Waals surface area (Å²) in [5.74, 6) is 0.616. The van der Waals surface area contributed by atoms with Crippen molar-refractivity contribution in [3.05, 3.63) is 29.3 Å². The Kier molecular flexibility index (Phi) is 4.68. The van der Waals surface area contributed by atoms with E-state index in [0.717, 1.165) is 6.29 Å². The van der Waals surface area contributed by atoms with Crippen molar-refractivity contribution in [3.8, 4) is 5.75 Å². The summed E-state index contributed by atoms with van der Waals surface area (Å²) in [6, 6.07) is 5.09. The molecule has 1 rings (SSSR count). The van der Waals surface area contributed by atoms with Crippen LogP contribution < -0.4 is 4.74 Å². The molecular formula is C12H13BrO3. The lowest BCUT2D eigenvalue weighted by Crippen LogP contribution is -2.05. The maximum atomic E-state index is 11.3. The first-order valence-electron chi connectivity index (χ1n) is 4.96. The third-order valence-electron chi connectivity index (χ3n) is 2.13. The van der Waals surface area contributed by atoms with Crippen LogP contribution in [0.15, 0.2) is 18.2 Å². The Morgan fingerprint density at radius 1 is 1.56 bits per heavy atom. The predicted octanol–water partition coefficient (Wildman–Crippen LogP) is 2.92. The van der Waals surface area contributed by atoms with Crippen molar-refractivity contribution >= 4 is 28.0 Å². The molecule has 0 saturated carbocycles. The molecule has 1 aromatic carbocycles.